The summed E-state index contributed by atoms with van der Waals surface area (Å²) in [6.45, 7) is 7.89. The van der Waals surface area contributed by atoms with Gasteiger partial charge in [0.05, 0.1) is 6.04 Å². The van der Waals surface area contributed by atoms with E-state index >= 15 is 0 Å². The number of aromatic nitrogens is 2. The van der Waals surface area contributed by atoms with Crippen molar-refractivity contribution in [3.05, 3.63) is 11.7 Å². The molecule has 1 aliphatic rings. The number of hydrogen-bond acceptors (Lipinski definition) is 5. The van der Waals surface area contributed by atoms with Crippen molar-refractivity contribution < 1.29 is 9.26 Å². The molecule has 0 radical (unpaired) electrons. The van der Waals surface area contributed by atoms with Gasteiger partial charge in [0, 0.05) is 6.61 Å². The van der Waals surface area contributed by atoms with Crippen molar-refractivity contribution in [2.24, 2.45) is 5.92 Å². The SMILES string of the molecule is CCOC(c1noc([C@H]2CCCCN2)n1)C(C)C. The van der Waals surface area contributed by atoms with Crippen molar-refractivity contribution in [1.29, 1.82) is 0 Å². The normalized spacial score (nSPS) is 22.3. The lowest BCUT2D eigenvalue weighted by molar-refractivity contribution is 0.0217. The molecule has 1 aliphatic heterocycles. The second-order valence-corrected chi connectivity index (χ2v) is 5.11. The van der Waals surface area contributed by atoms with Crippen LogP contribution in [0, 0.1) is 5.92 Å². The van der Waals surface area contributed by atoms with E-state index in [0.717, 1.165) is 13.0 Å². The van der Waals surface area contributed by atoms with Crippen LogP contribution in [-0.2, 0) is 4.74 Å². The minimum absolute atomic E-state index is 0.0731. The number of nitrogens with zero attached hydrogens (tertiary/aromatic N) is 2. The van der Waals surface area contributed by atoms with Gasteiger partial charge >= 0.3 is 0 Å². The minimum Gasteiger partial charge on any atom is -0.370 e. The van der Waals surface area contributed by atoms with Crippen molar-refractivity contribution >= 4 is 0 Å². The van der Waals surface area contributed by atoms with Crippen LogP contribution in [0.3, 0.4) is 0 Å². The molecule has 1 unspecified atom stereocenters. The van der Waals surface area contributed by atoms with Gasteiger partial charge < -0.3 is 14.6 Å². The number of rotatable bonds is 5. The smallest absolute Gasteiger partial charge is 0.243 e. The first-order valence-electron chi connectivity index (χ1n) is 6.90. The first-order valence-corrected chi connectivity index (χ1v) is 6.90. The first kappa shape index (κ1) is 13.5. The van der Waals surface area contributed by atoms with Gasteiger partial charge in [-0.25, -0.2) is 0 Å². The van der Waals surface area contributed by atoms with E-state index in [1.807, 2.05) is 6.92 Å². The molecular weight excluding hydrogens is 230 g/mol. The van der Waals surface area contributed by atoms with Gasteiger partial charge in [0.25, 0.3) is 0 Å². The lowest BCUT2D eigenvalue weighted by Gasteiger charge is -2.19. The van der Waals surface area contributed by atoms with Gasteiger partial charge in [-0.2, -0.15) is 4.98 Å². The van der Waals surface area contributed by atoms with Crippen LogP contribution in [0.2, 0.25) is 0 Å². The molecule has 0 saturated carbocycles. The Hall–Kier alpha value is -0.940. The van der Waals surface area contributed by atoms with Gasteiger partial charge in [0.2, 0.25) is 11.7 Å². The van der Waals surface area contributed by atoms with Crippen LogP contribution in [0.25, 0.3) is 0 Å². The van der Waals surface area contributed by atoms with E-state index < -0.39 is 0 Å². The summed E-state index contributed by atoms with van der Waals surface area (Å²) in [5.41, 5.74) is 0. The largest absolute Gasteiger partial charge is 0.370 e. The Bertz CT molecular complexity index is 359. The zero-order chi connectivity index (χ0) is 13.0. The lowest BCUT2D eigenvalue weighted by Crippen LogP contribution is -2.27. The molecule has 2 atom stereocenters. The Morgan fingerprint density at radius 1 is 1.44 bits per heavy atom. The summed E-state index contributed by atoms with van der Waals surface area (Å²) in [5.74, 6) is 1.72. The monoisotopic (exact) mass is 253 g/mol. The number of nitrogens with one attached hydrogen (secondary N) is 1. The van der Waals surface area contributed by atoms with Gasteiger partial charge in [0.1, 0.15) is 6.10 Å². The molecule has 5 heteroatoms. The van der Waals surface area contributed by atoms with Crippen LogP contribution in [0.15, 0.2) is 4.52 Å². The van der Waals surface area contributed by atoms with E-state index in [-0.39, 0.29) is 12.1 Å². The summed E-state index contributed by atoms with van der Waals surface area (Å²) in [6.07, 6.45) is 3.44. The summed E-state index contributed by atoms with van der Waals surface area (Å²) in [7, 11) is 0. The third-order valence-corrected chi connectivity index (χ3v) is 3.27. The van der Waals surface area contributed by atoms with E-state index in [1.54, 1.807) is 0 Å². The summed E-state index contributed by atoms with van der Waals surface area (Å²) in [6, 6.07) is 0.217. The zero-order valence-electron chi connectivity index (χ0n) is 11.5. The lowest BCUT2D eigenvalue weighted by atomic mass is 10.0. The van der Waals surface area contributed by atoms with Crippen molar-refractivity contribution in [3.8, 4) is 0 Å². The van der Waals surface area contributed by atoms with Crippen LogP contribution in [-0.4, -0.2) is 23.3 Å². The third-order valence-electron chi connectivity index (χ3n) is 3.27. The van der Waals surface area contributed by atoms with Crippen molar-refractivity contribution in [2.45, 2.75) is 52.2 Å². The molecule has 1 aromatic heterocycles. The molecule has 1 fully saturated rings. The third kappa shape index (κ3) is 3.09. The maximum absolute atomic E-state index is 5.68. The fourth-order valence-electron chi connectivity index (χ4n) is 2.31. The Balaban J connectivity index is 2.07. The predicted molar refractivity (Wildman–Crippen MR) is 68.1 cm³/mol. The summed E-state index contributed by atoms with van der Waals surface area (Å²) < 4.78 is 11.1. The molecule has 1 N–H and O–H groups in total. The van der Waals surface area contributed by atoms with Crippen LogP contribution in [0.5, 0.6) is 0 Å². The highest BCUT2D eigenvalue weighted by Crippen LogP contribution is 2.26. The van der Waals surface area contributed by atoms with E-state index in [4.69, 9.17) is 9.26 Å². The van der Waals surface area contributed by atoms with Gasteiger partial charge in [0.15, 0.2) is 0 Å². The maximum atomic E-state index is 5.68. The quantitative estimate of drug-likeness (QED) is 0.874. The number of ether oxygens (including phenoxy) is 1. The van der Waals surface area contributed by atoms with E-state index in [0.29, 0.717) is 24.2 Å². The molecule has 5 nitrogen and oxygen atoms in total. The minimum atomic E-state index is -0.0731. The Morgan fingerprint density at radius 2 is 2.28 bits per heavy atom. The molecule has 102 valence electrons. The summed E-state index contributed by atoms with van der Waals surface area (Å²) in [5, 5.41) is 7.49. The molecule has 1 aromatic rings. The molecule has 2 rings (SSSR count). The fourth-order valence-corrected chi connectivity index (χ4v) is 2.31. The molecule has 0 amide bonds. The van der Waals surface area contributed by atoms with Crippen molar-refractivity contribution in [1.82, 2.24) is 15.5 Å². The Labute approximate surface area is 108 Å². The van der Waals surface area contributed by atoms with E-state index in [1.165, 1.54) is 12.8 Å². The average Bonchev–Trinajstić information content (AvgIpc) is 2.86. The number of hydrogen-bond donors (Lipinski definition) is 1. The zero-order valence-corrected chi connectivity index (χ0v) is 11.5. The Kier molecular flexibility index (Phi) is 4.72. The standard InChI is InChI=1S/C13H23N3O2/c1-4-17-11(9(2)3)12-15-13(18-16-12)10-7-5-6-8-14-10/h9-11,14H,4-8H2,1-3H3/t10-,11?/m1/s1. The molecule has 1 saturated heterocycles. The Morgan fingerprint density at radius 3 is 2.89 bits per heavy atom. The second-order valence-electron chi connectivity index (χ2n) is 5.11. The van der Waals surface area contributed by atoms with Gasteiger partial charge in [-0.15, -0.1) is 0 Å². The van der Waals surface area contributed by atoms with Gasteiger partial charge in [-0.3, -0.25) is 0 Å². The molecule has 0 aromatic carbocycles. The summed E-state index contributed by atoms with van der Waals surface area (Å²) in [4.78, 5) is 4.51. The summed E-state index contributed by atoms with van der Waals surface area (Å²) >= 11 is 0. The van der Waals surface area contributed by atoms with Crippen LogP contribution < -0.4 is 5.32 Å². The van der Waals surface area contributed by atoms with Gasteiger partial charge in [-0.1, -0.05) is 25.4 Å². The molecular formula is C13H23N3O2. The van der Waals surface area contributed by atoms with Crippen molar-refractivity contribution in [2.75, 3.05) is 13.2 Å². The van der Waals surface area contributed by atoms with Gasteiger partial charge in [-0.05, 0) is 32.2 Å². The second kappa shape index (κ2) is 6.29. The molecule has 2 heterocycles. The fraction of sp³-hybridized carbons (Fsp3) is 0.846. The highest BCUT2D eigenvalue weighted by molar-refractivity contribution is 4.97. The van der Waals surface area contributed by atoms with Crippen molar-refractivity contribution in [3.63, 3.8) is 0 Å². The average molecular weight is 253 g/mol. The highest BCUT2D eigenvalue weighted by atomic mass is 16.5. The molecule has 0 spiro atoms. The first-order chi connectivity index (χ1) is 8.72. The molecule has 18 heavy (non-hydrogen) atoms. The highest BCUT2D eigenvalue weighted by Gasteiger charge is 2.26. The van der Waals surface area contributed by atoms with E-state index in [2.05, 4.69) is 29.3 Å². The molecule has 0 bridgehead atoms. The maximum Gasteiger partial charge on any atom is 0.243 e. The predicted octanol–water partition coefficient (Wildman–Crippen LogP) is 2.62. The number of piperidine rings is 1. The van der Waals surface area contributed by atoms with Crippen LogP contribution >= 0.6 is 0 Å². The van der Waals surface area contributed by atoms with Crippen LogP contribution in [0.4, 0.5) is 0 Å². The van der Waals surface area contributed by atoms with Crippen LogP contribution in [0.1, 0.15) is 63.9 Å². The topological polar surface area (TPSA) is 60.2 Å². The molecule has 0 aliphatic carbocycles. The van der Waals surface area contributed by atoms with E-state index in [9.17, 15) is 0 Å².